The third-order valence-corrected chi connectivity index (χ3v) is 10.4. The van der Waals surface area contributed by atoms with E-state index in [0.29, 0.717) is 90.5 Å². The number of aliphatic hydroxyl groups excluding tert-OH is 1. The molecule has 6 rings (SSSR count). The Morgan fingerprint density at radius 2 is 1.82 bits per heavy atom. The number of piperidine rings is 1. The number of imide groups is 2. The van der Waals surface area contributed by atoms with Gasteiger partial charge in [-0.05, 0) is 94.6 Å². The van der Waals surface area contributed by atoms with Crippen LogP contribution in [0.5, 0.6) is 0 Å². The molecule has 0 saturated carbocycles. The van der Waals surface area contributed by atoms with Crippen molar-refractivity contribution in [3.63, 3.8) is 0 Å². The zero-order valence-corrected chi connectivity index (χ0v) is 31.6. The molecule has 3 aromatic rings. The number of aromatic amines is 1. The molecule has 2 unspecified atom stereocenters. The highest BCUT2D eigenvalue weighted by Gasteiger charge is 2.45. The maximum atomic E-state index is 13.9. The molecule has 4 heterocycles. The summed E-state index contributed by atoms with van der Waals surface area (Å²) in [6.45, 7) is 9.27. The first-order chi connectivity index (χ1) is 26.9. The van der Waals surface area contributed by atoms with E-state index in [2.05, 4.69) is 36.5 Å². The van der Waals surface area contributed by atoms with E-state index in [0.717, 1.165) is 18.0 Å². The fourth-order valence-electron chi connectivity index (χ4n) is 7.40. The highest BCUT2D eigenvalue weighted by atomic mass is 19.1. The van der Waals surface area contributed by atoms with Gasteiger partial charge < -0.3 is 30.9 Å². The molecule has 2 atom stereocenters. The van der Waals surface area contributed by atoms with Crippen LogP contribution in [-0.4, -0.2) is 107 Å². The van der Waals surface area contributed by atoms with Crippen molar-refractivity contribution >= 4 is 58.5 Å². The lowest BCUT2D eigenvalue weighted by Gasteiger charge is -2.27. The summed E-state index contributed by atoms with van der Waals surface area (Å²) in [7, 11) is 0. The zero-order chi connectivity index (χ0) is 40.1. The molecule has 2 aromatic carbocycles. The average Bonchev–Trinajstić information content (AvgIpc) is 3.73. The van der Waals surface area contributed by atoms with Crippen molar-refractivity contribution in [3.8, 4) is 0 Å². The van der Waals surface area contributed by atoms with Crippen molar-refractivity contribution in [1.29, 1.82) is 0 Å². The molecular formula is C40H47FN8O7. The number of anilines is 2. The maximum absolute atomic E-state index is 13.9. The normalized spacial score (nSPS) is 17.7. The fourth-order valence-corrected chi connectivity index (χ4v) is 7.40. The molecule has 56 heavy (non-hydrogen) atoms. The summed E-state index contributed by atoms with van der Waals surface area (Å²) in [5.74, 6) is -3.24. The highest BCUT2D eigenvalue weighted by Crippen LogP contribution is 2.35. The first kappa shape index (κ1) is 40.0. The number of H-pyrrole nitrogens is 1. The predicted molar refractivity (Wildman–Crippen MR) is 207 cm³/mol. The second kappa shape index (κ2) is 17.4. The molecule has 0 spiro atoms. The maximum Gasteiger partial charge on any atom is 0.264 e. The Hall–Kier alpha value is -5.71. The molecule has 1 aromatic heterocycles. The van der Waals surface area contributed by atoms with Crippen LogP contribution in [0.1, 0.15) is 92.6 Å². The van der Waals surface area contributed by atoms with Crippen molar-refractivity contribution in [3.05, 3.63) is 81.4 Å². The van der Waals surface area contributed by atoms with Gasteiger partial charge in [0.2, 0.25) is 11.8 Å². The van der Waals surface area contributed by atoms with Gasteiger partial charge in [0.05, 0.1) is 22.3 Å². The van der Waals surface area contributed by atoms with Crippen LogP contribution in [0, 0.1) is 19.7 Å². The van der Waals surface area contributed by atoms with Crippen molar-refractivity contribution < 1.29 is 38.3 Å². The molecule has 7 N–H and O–H groups in total. The molecule has 1 fully saturated rings. The van der Waals surface area contributed by atoms with Gasteiger partial charge in [-0.15, -0.1) is 0 Å². The number of likely N-dealkylation sites (N-methyl/N-ethyl adjacent to an activating group) is 1. The first-order valence-electron chi connectivity index (χ1n) is 18.9. The van der Waals surface area contributed by atoms with Gasteiger partial charge in [0.15, 0.2) is 0 Å². The van der Waals surface area contributed by atoms with Crippen LogP contribution in [0.3, 0.4) is 0 Å². The summed E-state index contributed by atoms with van der Waals surface area (Å²) >= 11 is 0. The number of carbonyl (C=O) groups excluding carboxylic acids is 6. The van der Waals surface area contributed by atoms with E-state index >= 15 is 0 Å². The molecule has 3 aliphatic heterocycles. The quantitative estimate of drug-likeness (QED) is 0.0463. The molecule has 3 aliphatic rings. The lowest BCUT2D eigenvalue weighted by atomic mass is 10.0. The molecule has 296 valence electrons. The highest BCUT2D eigenvalue weighted by molar-refractivity contribution is 6.35. The molecular weight excluding hydrogens is 723 g/mol. The van der Waals surface area contributed by atoms with E-state index in [1.807, 2.05) is 6.92 Å². The molecule has 0 radical (unpaired) electrons. The minimum Gasteiger partial charge on any atom is -0.384 e. The van der Waals surface area contributed by atoms with Crippen LogP contribution in [-0.2, 0) is 14.4 Å². The average molecular weight is 771 g/mol. The van der Waals surface area contributed by atoms with E-state index < -0.39 is 41.7 Å². The standard InChI is InChI=1S/C40H47FN8O7/c1-4-48(18-7-16-44-38(54)34-22(2)30(45-23(34)3)21-27-26-20-24(41)11-12-28(26)46-36(27)52)19-17-43-32(50)10-6-15-42-29-9-5-8-25-35(29)40(56)49(39(25)55)31-13-14-33(51)47-37(31)53/h5,8-9,11-12,20-21,31-32,42-43,45,50H,4,6-7,10,13-19H2,1-3H3,(H,44,54)(H,46,52)(H,47,51,53)/b27-21-. The summed E-state index contributed by atoms with van der Waals surface area (Å²) in [6, 6.07) is 7.98. The zero-order valence-electron chi connectivity index (χ0n) is 31.6. The Morgan fingerprint density at radius 1 is 1.02 bits per heavy atom. The Kier molecular flexibility index (Phi) is 12.4. The minimum absolute atomic E-state index is 0.0469. The van der Waals surface area contributed by atoms with Gasteiger partial charge in [-0.25, -0.2) is 4.39 Å². The molecule has 1 saturated heterocycles. The van der Waals surface area contributed by atoms with Gasteiger partial charge in [-0.3, -0.25) is 44.3 Å². The Morgan fingerprint density at radius 3 is 2.59 bits per heavy atom. The Labute approximate surface area is 323 Å². The number of hydrogen-bond donors (Lipinski definition) is 7. The summed E-state index contributed by atoms with van der Waals surface area (Å²) in [4.78, 5) is 82.4. The molecule has 0 bridgehead atoms. The van der Waals surface area contributed by atoms with Gasteiger partial charge in [0.1, 0.15) is 18.1 Å². The van der Waals surface area contributed by atoms with Gasteiger partial charge >= 0.3 is 0 Å². The van der Waals surface area contributed by atoms with E-state index in [1.54, 1.807) is 38.1 Å². The lowest BCUT2D eigenvalue weighted by Crippen LogP contribution is -2.54. The van der Waals surface area contributed by atoms with Crippen molar-refractivity contribution in [1.82, 2.24) is 30.7 Å². The van der Waals surface area contributed by atoms with Crippen molar-refractivity contribution in [2.45, 2.75) is 65.1 Å². The number of nitrogens with one attached hydrogen (secondary N) is 6. The van der Waals surface area contributed by atoms with Gasteiger partial charge in [-0.2, -0.15) is 0 Å². The third kappa shape index (κ3) is 8.56. The van der Waals surface area contributed by atoms with E-state index in [4.69, 9.17) is 0 Å². The summed E-state index contributed by atoms with van der Waals surface area (Å²) < 4.78 is 13.9. The number of rotatable bonds is 17. The molecule has 0 aliphatic carbocycles. The number of halogens is 1. The SMILES string of the molecule is CCN(CCCNC(=O)c1c(C)[nH]c(/C=C2\C(=O)Nc3ccc(F)cc32)c1C)CCNC(O)CCCNc1cccc2c1C(=O)N(C1CCC(=O)NC1=O)C2=O. The number of fused-ring (bicyclic) bond motifs is 2. The van der Waals surface area contributed by atoms with E-state index in [-0.39, 0.29) is 35.8 Å². The summed E-state index contributed by atoms with van der Waals surface area (Å²) in [5.41, 5.74) is 4.65. The number of benzene rings is 2. The number of carbonyl (C=O) groups is 6. The van der Waals surface area contributed by atoms with E-state index in [1.165, 1.54) is 18.2 Å². The smallest absolute Gasteiger partial charge is 0.264 e. The van der Waals surface area contributed by atoms with Gasteiger partial charge in [-0.1, -0.05) is 13.0 Å². The minimum atomic E-state index is -1.04. The lowest BCUT2D eigenvalue weighted by molar-refractivity contribution is -0.136. The van der Waals surface area contributed by atoms with Crippen LogP contribution in [0.2, 0.25) is 0 Å². The Balaban J connectivity index is 0.896. The summed E-state index contributed by atoms with van der Waals surface area (Å²) in [5, 5.41) is 24.8. The topological polar surface area (TPSA) is 205 Å². The van der Waals surface area contributed by atoms with Gasteiger partial charge in [0, 0.05) is 60.9 Å². The Bertz CT molecular complexity index is 2100. The second-order valence-corrected chi connectivity index (χ2v) is 14.1. The number of hydrogen-bond acceptors (Lipinski definition) is 10. The number of aromatic nitrogens is 1. The van der Waals surface area contributed by atoms with Crippen LogP contribution >= 0.6 is 0 Å². The predicted octanol–water partition coefficient (Wildman–Crippen LogP) is 2.91. The number of amides is 6. The van der Waals surface area contributed by atoms with Crippen molar-refractivity contribution in [2.75, 3.05) is 49.9 Å². The molecule has 15 nitrogen and oxygen atoms in total. The van der Waals surface area contributed by atoms with Crippen LogP contribution in [0.25, 0.3) is 11.6 Å². The second-order valence-electron chi connectivity index (χ2n) is 14.1. The number of aryl methyl sites for hydroxylation is 1. The molecule has 16 heteroatoms. The molecule has 6 amide bonds. The van der Waals surface area contributed by atoms with Crippen LogP contribution in [0.4, 0.5) is 15.8 Å². The first-order valence-corrected chi connectivity index (χ1v) is 18.9. The summed E-state index contributed by atoms with van der Waals surface area (Å²) in [6.07, 6.45) is 2.73. The van der Waals surface area contributed by atoms with E-state index in [9.17, 15) is 38.3 Å². The van der Waals surface area contributed by atoms with Gasteiger partial charge in [0.25, 0.3) is 23.6 Å². The monoisotopic (exact) mass is 770 g/mol. The van der Waals surface area contributed by atoms with Crippen LogP contribution < -0.4 is 26.6 Å². The van der Waals surface area contributed by atoms with Crippen molar-refractivity contribution in [2.24, 2.45) is 0 Å². The fraction of sp³-hybridized carbons (Fsp3) is 0.400. The largest absolute Gasteiger partial charge is 0.384 e. The number of aliphatic hydroxyl groups is 1. The number of nitrogens with zero attached hydrogens (tertiary/aromatic N) is 2. The van der Waals surface area contributed by atoms with Crippen LogP contribution in [0.15, 0.2) is 36.4 Å². The third-order valence-electron chi connectivity index (χ3n) is 10.4.